The van der Waals surface area contributed by atoms with Gasteiger partial charge in [0, 0.05) is 18.2 Å². The van der Waals surface area contributed by atoms with Crippen molar-refractivity contribution in [3.63, 3.8) is 0 Å². The van der Waals surface area contributed by atoms with Gasteiger partial charge in [-0.15, -0.1) is 0 Å². The molecule has 0 spiro atoms. The van der Waals surface area contributed by atoms with Crippen molar-refractivity contribution < 1.29 is 18.3 Å². The summed E-state index contributed by atoms with van der Waals surface area (Å²) >= 11 is 12.4. The lowest BCUT2D eigenvalue weighted by Gasteiger charge is -2.16. The zero-order chi connectivity index (χ0) is 25.3. The number of benzene rings is 2. The van der Waals surface area contributed by atoms with Gasteiger partial charge in [0.15, 0.2) is 9.84 Å². The molecule has 2 atom stereocenters. The van der Waals surface area contributed by atoms with Gasteiger partial charge in [-0.2, -0.15) is 5.10 Å². The van der Waals surface area contributed by atoms with E-state index in [2.05, 4.69) is 0 Å². The highest BCUT2D eigenvalue weighted by Crippen LogP contribution is 2.33. The van der Waals surface area contributed by atoms with Crippen LogP contribution >= 0.6 is 23.2 Å². The van der Waals surface area contributed by atoms with Crippen LogP contribution in [0.2, 0.25) is 10.0 Å². The molecule has 0 radical (unpaired) electrons. The average molecular weight is 531 g/mol. The molecule has 4 rings (SSSR count). The molecule has 2 unspecified atom stereocenters. The maximum absolute atomic E-state index is 12.1. The number of hydrogen-bond donors (Lipinski definition) is 1. The number of rotatable bonds is 7. The fourth-order valence-corrected chi connectivity index (χ4v) is 5.20. The lowest BCUT2D eigenvalue weighted by atomic mass is 9.93. The van der Waals surface area contributed by atoms with Crippen molar-refractivity contribution in [1.82, 2.24) is 9.78 Å². The molecule has 6 nitrogen and oxygen atoms in total. The van der Waals surface area contributed by atoms with Crippen LogP contribution in [0.3, 0.4) is 0 Å². The molecule has 1 heterocycles. The van der Waals surface area contributed by atoms with Crippen LogP contribution in [0.5, 0.6) is 0 Å². The quantitative estimate of drug-likeness (QED) is 0.417. The van der Waals surface area contributed by atoms with Gasteiger partial charge < -0.3 is 5.11 Å². The molecule has 0 amide bonds. The topological polar surface area (TPSA) is 89.3 Å². The van der Waals surface area contributed by atoms with Crippen molar-refractivity contribution in [3.8, 4) is 11.3 Å². The molecule has 3 aromatic rings. The molecule has 9 heteroatoms. The number of sulfone groups is 1. The Balaban J connectivity index is 1.76. The minimum absolute atomic E-state index is 0.184. The Hall–Kier alpha value is -2.87. The first-order valence-corrected chi connectivity index (χ1v) is 13.7. The van der Waals surface area contributed by atoms with Gasteiger partial charge in [0.1, 0.15) is 0 Å². The molecule has 1 N–H and O–H groups in total. The number of carbonyl (C=O) groups is 1. The molecule has 0 saturated heterocycles. The van der Waals surface area contributed by atoms with Gasteiger partial charge in [-0.25, -0.2) is 13.1 Å². The minimum atomic E-state index is -3.22. The highest BCUT2D eigenvalue weighted by atomic mass is 35.5. The van der Waals surface area contributed by atoms with Crippen LogP contribution in [0.25, 0.3) is 17.0 Å². The van der Waals surface area contributed by atoms with E-state index < -0.39 is 27.0 Å². The van der Waals surface area contributed by atoms with Crippen molar-refractivity contribution in [2.45, 2.75) is 30.9 Å². The summed E-state index contributed by atoms with van der Waals surface area (Å²) < 4.78 is 25.6. The second-order valence-corrected chi connectivity index (χ2v) is 11.7. The zero-order valence-electron chi connectivity index (χ0n) is 19.2. The Morgan fingerprint density at radius 2 is 1.94 bits per heavy atom. The third-order valence-electron chi connectivity index (χ3n) is 5.97. The third-order valence-corrected chi connectivity index (χ3v) is 8.16. The molecular formula is C26H24Cl2N2O4S. The fraction of sp³-hybridized carbons (Fsp3) is 0.231. The van der Waals surface area contributed by atoms with Gasteiger partial charge in [-0.1, -0.05) is 71.2 Å². The molecule has 0 fully saturated rings. The molecule has 0 saturated carbocycles. The van der Waals surface area contributed by atoms with Gasteiger partial charge in [0.25, 0.3) is 0 Å². The molecular weight excluding hydrogens is 507 g/mol. The second kappa shape index (κ2) is 10.0. The maximum atomic E-state index is 12.1. The van der Waals surface area contributed by atoms with E-state index in [4.69, 9.17) is 28.3 Å². The molecule has 1 aromatic heterocycles. The molecule has 1 aliphatic carbocycles. The predicted octanol–water partition coefficient (Wildman–Crippen LogP) is 5.79. The predicted molar refractivity (Wildman–Crippen MR) is 140 cm³/mol. The number of carboxylic acids is 1. The Labute approximate surface area is 214 Å². The highest BCUT2D eigenvalue weighted by Gasteiger charge is 2.25. The largest absolute Gasteiger partial charge is 0.481 e. The number of allylic oxidation sites excluding steroid dienone is 3. The zero-order valence-corrected chi connectivity index (χ0v) is 21.5. The fourth-order valence-electron chi connectivity index (χ4n) is 4.10. The van der Waals surface area contributed by atoms with Crippen LogP contribution in [0.1, 0.15) is 29.2 Å². The summed E-state index contributed by atoms with van der Waals surface area (Å²) in [6.45, 7) is 1.92. The van der Waals surface area contributed by atoms with E-state index in [0.717, 1.165) is 11.1 Å². The first-order chi connectivity index (χ1) is 16.5. The lowest BCUT2D eigenvalue weighted by molar-refractivity contribution is -0.138. The Morgan fingerprint density at radius 3 is 2.54 bits per heavy atom. The number of carboxylic acid groups (broad SMARTS) is 1. The van der Waals surface area contributed by atoms with E-state index in [-0.39, 0.29) is 6.42 Å². The molecule has 35 heavy (non-hydrogen) atoms. The Morgan fingerprint density at radius 1 is 1.17 bits per heavy atom. The van der Waals surface area contributed by atoms with Crippen molar-refractivity contribution in [2.75, 3.05) is 6.26 Å². The van der Waals surface area contributed by atoms with E-state index in [0.29, 0.717) is 39.1 Å². The molecule has 0 aliphatic heterocycles. The summed E-state index contributed by atoms with van der Waals surface area (Å²) in [5.41, 5.74) is 4.41. The Bertz CT molecular complexity index is 1460. The Kier molecular flexibility index (Phi) is 7.22. The van der Waals surface area contributed by atoms with E-state index in [1.165, 1.54) is 6.26 Å². The molecule has 2 aromatic carbocycles. The number of aliphatic carboxylic acids is 1. The lowest BCUT2D eigenvalue weighted by Crippen LogP contribution is -2.19. The van der Waals surface area contributed by atoms with Crippen LogP contribution in [-0.2, 0) is 21.1 Å². The van der Waals surface area contributed by atoms with Gasteiger partial charge >= 0.3 is 5.97 Å². The molecule has 1 aliphatic rings. The number of hydrogen-bond acceptors (Lipinski definition) is 4. The third kappa shape index (κ3) is 5.69. The first kappa shape index (κ1) is 25.2. The van der Waals surface area contributed by atoms with Gasteiger partial charge in [-0.3, -0.25) is 4.79 Å². The standard InChI is InChI=1S/C26H24Cl2N2O4S/c1-16-4-3-5-17(12-16)22(26(31)32)14-19-15-25(18-6-11-23(27)24(28)13-18)30(29-19)20-7-9-21(10-8-20)35(2,33)34/h3-9,11-13,15,21-22H,10,14H2,1-2H3,(H,31,32). The molecule has 182 valence electrons. The van der Waals surface area contributed by atoms with Crippen molar-refractivity contribution >= 4 is 44.7 Å². The van der Waals surface area contributed by atoms with Crippen molar-refractivity contribution in [2.24, 2.45) is 0 Å². The van der Waals surface area contributed by atoms with Crippen LogP contribution in [0.4, 0.5) is 0 Å². The van der Waals surface area contributed by atoms with Crippen LogP contribution in [0.15, 0.2) is 66.8 Å². The van der Waals surface area contributed by atoms with Crippen molar-refractivity contribution in [1.29, 1.82) is 0 Å². The number of nitrogens with zero attached hydrogens (tertiary/aromatic N) is 2. The summed E-state index contributed by atoms with van der Waals surface area (Å²) in [5.74, 6) is -1.71. The summed E-state index contributed by atoms with van der Waals surface area (Å²) in [4.78, 5) is 12.1. The highest BCUT2D eigenvalue weighted by molar-refractivity contribution is 7.91. The summed E-state index contributed by atoms with van der Waals surface area (Å²) in [6.07, 6.45) is 6.91. The number of aryl methyl sites for hydroxylation is 1. The summed E-state index contributed by atoms with van der Waals surface area (Å²) in [5, 5.41) is 14.9. The van der Waals surface area contributed by atoms with E-state index >= 15 is 0 Å². The van der Waals surface area contributed by atoms with Crippen LogP contribution < -0.4 is 0 Å². The summed E-state index contributed by atoms with van der Waals surface area (Å²) in [6, 6.07) is 14.5. The van der Waals surface area contributed by atoms with E-state index in [1.54, 1.807) is 35.0 Å². The number of halogens is 2. The maximum Gasteiger partial charge on any atom is 0.311 e. The van der Waals surface area contributed by atoms with Gasteiger partial charge in [0.2, 0.25) is 0 Å². The van der Waals surface area contributed by atoms with Crippen LogP contribution in [-0.4, -0.2) is 40.8 Å². The van der Waals surface area contributed by atoms with E-state index in [1.807, 2.05) is 43.3 Å². The van der Waals surface area contributed by atoms with Gasteiger partial charge in [-0.05, 0) is 43.2 Å². The minimum Gasteiger partial charge on any atom is -0.481 e. The summed E-state index contributed by atoms with van der Waals surface area (Å²) in [7, 11) is -3.22. The monoisotopic (exact) mass is 530 g/mol. The average Bonchev–Trinajstić information content (AvgIpc) is 3.22. The molecule has 0 bridgehead atoms. The first-order valence-electron chi connectivity index (χ1n) is 10.9. The normalized spacial score (nSPS) is 16.7. The van der Waals surface area contributed by atoms with Crippen LogP contribution in [0, 0.1) is 6.92 Å². The second-order valence-electron chi connectivity index (χ2n) is 8.66. The number of aromatic nitrogens is 2. The smallest absolute Gasteiger partial charge is 0.311 e. The SMILES string of the molecule is Cc1cccc(C(Cc2cc(-c3ccc(Cl)c(Cl)c3)n(C3=CCC(S(C)(=O)=O)C=C3)n2)C(=O)O)c1. The van der Waals surface area contributed by atoms with E-state index in [9.17, 15) is 18.3 Å². The van der Waals surface area contributed by atoms with Gasteiger partial charge in [0.05, 0.1) is 38.3 Å². The van der Waals surface area contributed by atoms with Crippen molar-refractivity contribution in [3.05, 3.63) is 93.6 Å².